The summed E-state index contributed by atoms with van der Waals surface area (Å²) in [6, 6.07) is 9.82. The molecule has 2 aromatic rings. The average Bonchev–Trinajstić information content (AvgIpc) is 2.90. The Kier molecular flexibility index (Phi) is 5.20. The molecule has 118 valence electrons. The van der Waals surface area contributed by atoms with Crippen LogP contribution < -0.4 is 4.74 Å². The third-order valence-electron chi connectivity index (χ3n) is 3.58. The van der Waals surface area contributed by atoms with Crippen molar-refractivity contribution >= 4 is 5.91 Å². The lowest BCUT2D eigenvalue weighted by Gasteiger charge is -2.22. The van der Waals surface area contributed by atoms with Crippen LogP contribution in [-0.4, -0.2) is 39.8 Å². The van der Waals surface area contributed by atoms with Crippen molar-refractivity contribution in [2.24, 2.45) is 0 Å². The van der Waals surface area contributed by atoms with Crippen LogP contribution in [0.4, 0.5) is 0 Å². The van der Waals surface area contributed by atoms with Crippen molar-refractivity contribution in [3.63, 3.8) is 0 Å². The maximum absolute atomic E-state index is 12.3. The van der Waals surface area contributed by atoms with E-state index in [1.54, 1.807) is 16.5 Å². The van der Waals surface area contributed by atoms with Gasteiger partial charge in [0.05, 0.1) is 5.69 Å². The molecule has 1 heterocycles. The zero-order chi connectivity index (χ0) is 16.1. The second-order valence-corrected chi connectivity index (χ2v) is 5.17. The molecule has 0 spiro atoms. The first-order valence-electron chi connectivity index (χ1n) is 7.64. The summed E-state index contributed by atoms with van der Waals surface area (Å²) in [6.45, 7) is 8.98. The second-order valence-electron chi connectivity index (χ2n) is 5.17. The van der Waals surface area contributed by atoms with Gasteiger partial charge in [-0.1, -0.05) is 18.2 Å². The van der Waals surface area contributed by atoms with Gasteiger partial charge in [-0.25, -0.2) is 4.68 Å². The number of carbonyl (C=O) groups excluding carboxylic acids is 1. The molecule has 0 aliphatic carbocycles. The standard InChI is InChI=1S/C17H23N3O2/c1-5-19(6-2)17(21)14(4)22-16-13(3)12-20(18-16)15-10-8-7-9-11-15/h7-12,14H,5-6H2,1-4H3/t14-/m1/s1. The van der Waals surface area contributed by atoms with E-state index in [0.29, 0.717) is 19.0 Å². The molecular weight excluding hydrogens is 278 g/mol. The molecule has 5 nitrogen and oxygen atoms in total. The maximum Gasteiger partial charge on any atom is 0.263 e. The molecule has 0 bridgehead atoms. The summed E-state index contributed by atoms with van der Waals surface area (Å²) in [6.07, 6.45) is 1.36. The quantitative estimate of drug-likeness (QED) is 0.824. The van der Waals surface area contributed by atoms with Crippen molar-refractivity contribution in [1.82, 2.24) is 14.7 Å². The van der Waals surface area contributed by atoms with E-state index in [0.717, 1.165) is 11.3 Å². The highest BCUT2D eigenvalue weighted by Gasteiger charge is 2.21. The number of ether oxygens (including phenoxy) is 1. The zero-order valence-electron chi connectivity index (χ0n) is 13.6. The summed E-state index contributed by atoms with van der Waals surface area (Å²) in [5.41, 5.74) is 1.87. The monoisotopic (exact) mass is 301 g/mol. The lowest BCUT2D eigenvalue weighted by atomic mass is 10.3. The fraction of sp³-hybridized carbons (Fsp3) is 0.412. The van der Waals surface area contributed by atoms with E-state index in [2.05, 4.69) is 5.10 Å². The van der Waals surface area contributed by atoms with Crippen LogP contribution in [0, 0.1) is 6.92 Å². The van der Waals surface area contributed by atoms with Crippen LogP contribution in [0.2, 0.25) is 0 Å². The number of carbonyl (C=O) groups is 1. The molecule has 2 rings (SSSR count). The summed E-state index contributed by atoms with van der Waals surface area (Å²) in [5, 5.41) is 4.44. The Hall–Kier alpha value is -2.30. The summed E-state index contributed by atoms with van der Waals surface area (Å²) < 4.78 is 7.53. The lowest BCUT2D eigenvalue weighted by Crippen LogP contribution is -2.40. The molecule has 0 saturated heterocycles. The highest BCUT2D eigenvalue weighted by Crippen LogP contribution is 2.19. The van der Waals surface area contributed by atoms with Gasteiger partial charge in [0, 0.05) is 24.8 Å². The number of likely N-dealkylation sites (N-methyl/N-ethyl adjacent to an activating group) is 1. The Balaban J connectivity index is 2.14. The van der Waals surface area contributed by atoms with Gasteiger partial charge >= 0.3 is 0 Å². The van der Waals surface area contributed by atoms with Gasteiger partial charge in [0.25, 0.3) is 5.91 Å². The number of rotatable bonds is 6. The molecule has 0 fully saturated rings. The van der Waals surface area contributed by atoms with Crippen molar-refractivity contribution in [3.05, 3.63) is 42.1 Å². The van der Waals surface area contributed by atoms with Crippen molar-refractivity contribution in [1.29, 1.82) is 0 Å². The predicted octanol–water partition coefficient (Wildman–Crippen LogP) is 2.82. The highest BCUT2D eigenvalue weighted by atomic mass is 16.5. The van der Waals surface area contributed by atoms with E-state index in [9.17, 15) is 4.79 Å². The number of aromatic nitrogens is 2. The fourth-order valence-corrected chi connectivity index (χ4v) is 2.28. The van der Waals surface area contributed by atoms with Gasteiger partial charge in [0.2, 0.25) is 5.88 Å². The molecule has 1 aromatic carbocycles. The van der Waals surface area contributed by atoms with Crippen molar-refractivity contribution < 1.29 is 9.53 Å². The smallest absolute Gasteiger partial charge is 0.263 e. The predicted molar refractivity (Wildman–Crippen MR) is 86.3 cm³/mol. The van der Waals surface area contributed by atoms with Gasteiger partial charge in [-0.2, -0.15) is 0 Å². The van der Waals surface area contributed by atoms with E-state index >= 15 is 0 Å². The van der Waals surface area contributed by atoms with E-state index in [1.807, 2.05) is 57.3 Å². The van der Waals surface area contributed by atoms with Crippen molar-refractivity contribution in [2.45, 2.75) is 33.8 Å². The molecular formula is C17H23N3O2. The van der Waals surface area contributed by atoms with E-state index in [4.69, 9.17) is 4.74 Å². The van der Waals surface area contributed by atoms with Gasteiger partial charge < -0.3 is 9.64 Å². The van der Waals surface area contributed by atoms with Crippen LogP contribution in [0.3, 0.4) is 0 Å². The van der Waals surface area contributed by atoms with Crippen molar-refractivity contribution in [3.8, 4) is 11.6 Å². The Bertz CT molecular complexity index is 618. The Morgan fingerprint density at radius 3 is 2.50 bits per heavy atom. The van der Waals surface area contributed by atoms with Crippen LogP contribution in [0.15, 0.2) is 36.5 Å². The molecule has 0 saturated carbocycles. The summed E-state index contributed by atoms with van der Waals surface area (Å²) in [7, 11) is 0. The average molecular weight is 301 g/mol. The van der Waals surface area contributed by atoms with Gasteiger partial charge in [0.1, 0.15) is 0 Å². The third-order valence-corrected chi connectivity index (χ3v) is 3.58. The van der Waals surface area contributed by atoms with Crippen LogP contribution in [0.25, 0.3) is 5.69 Å². The van der Waals surface area contributed by atoms with E-state index < -0.39 is 6.10 Å². The van der Waals surface area contributed by atoms with Gasteiger partial charge in [-0.15, -0.1) is 5.10 Å². The normalized spacial score (nSPS) is 12.0. The van der Waals surface area contributed by atoms with Crippen LogP contribution in [0.5, 0.6) is 5.88 Å². The summed E-state index contributed by atoms with van der Waals surface area (Å²) >= 11 is 0. The van der Waals surface area contributed by atoms with E-state index in [-0.39, 0.29) is 5.91 Å². The minimum absolute atomic E-state index is 0.0151. The molecule has 0 aliphatic rings. The van der Waals surface area contributed by atoms with Crippen LogP contribution in [-0.2, 0) is 4.79 Å². The molecule has 0 radical (unpaired) electrons. The minimum Gasteiger partial charge on any atom is -0.463 e. The molecule has 0 aliphatic heterocycles. The number of para-hydroxylation sites is 1. The first-order valence-corrected chi connectivity index (χ1v) is 7.64. The first kappa shape index (κ1) is 16.1. The zero-order valence-corrected chi connectivity index (χ0v) is 13.6. The molecule has 0 N–H and O–H groups in total. The Morgan fingerprint density at radius 1 is 1.27 bits per heavy atom. The first-order chi connectivity index (χ1) is 10.6. The highest BCUT2D eigenvalue weighted by molar-refractivity contribution is 5.80. The number of aryl methyl sites for hydroxylation is 1. The molecule has 5 heteroatoms. The van der Waals surface area contributed by atoms with E-state index in [1.165, 1.54) is 0 Å². The molecule has 1 amide bonds. The summed E-state index contributed by atoms with van der Waals surface area (Å²) in [5.74, 6) is 0.482. The number of hydrogen-bond acceptors (Lipinski definition) is 3. The lowest BCUT2D eigenvalue weighted by molar-refractivity contribution is -0.137. The van der Waals surface area contributed by atoms with Crippen LogP contribution in [0.1, 0.15) is 26.3 Å². The number of amides is 1. The largest absolute Gasteiger partial charge is 0.463 e. The Labute approximate surface area is 131 Å². The molecule has 22 heavy (non-hydrogen) atoms. The third kappa shape index (κ3) is 3.47. The van der Waals surface area contributed by atoms with Crippen molar-refractivity contribution in [2.75, 3.05) is 13.1 Å². The molecule has 0 unspecified atom stereocenters. The molecule has 1 atom stereocenters. The fourth-order valence-electron chi connectivity index (χ4n) is 2.28. The van der Waals surface area contributed by atoms with Gasteiger partial charge in [-0.3, -0.25) is 4.79 Å². The topological polar surface area (TPSA) is 47.4 Å². The van der Waals surface area contributed by atoms with Crippen LogP contribution >= 0.6 is 0 Å². The van der Waals surface area contributed by atoms with Gasteiger partial charge in [-0.05, 0) is 39.8 Å². The number of nitrogens with zero attached hydrogens (tertiary/aromatic N) is 3. The summed E-state index contributed by atoms with van der Waals surface area (Å²) in [4.78, 5) is 14.0. The SMILES string of the molecule is CCN(CC)C(=O)[C@@H](C)Oc1nn(-c2ccccc2)cc1C. The Morgan fingerprint density at radius 2 is 1.91 bits per heavy atom. The second kappa shape index (κ2) is 7.11. The van der Waals surface area contributed by atoms with Gasteiger partial charge in [0.15, 0.2) is 6.10 Å². The number of hydrogen-bond donors (Lipinski definition) is 0. The minimum atomic E-state index is -0.544. The molecule has 1 aromatic heterocycles. The maximum atomic E-state index is 12.3. The number of benzene rings is 1.